The Bertz CT molecular complexity index is 459. The van der Waals surface area contributed by atoms with Gasteiger partial charge in [0.05, 0.1) is 23.0 Å². The van der Waals surface area contributed by atoms with E-state index in [0.29, 0.717) is 5.02 Å². The van der Waals surface area contributed by atoms with Crippen molar-refractivity contribution in [2.45, 2.75) is 13.5 Å². The predicted molar refractivity (Wildman–Crippen MR) is 59.2 cm³/mol. The lowest BCUT2D eigenvalue weighted by atomic mass is 10.2. The van der Waals surface area contributed by atoms with Crippen LogP contribution in [-0.2, 0) is 6.61 Å². The van der Waals surface area contributed by atoms with Gasteiger partial charge in [-0.1, -0.05) is 23.7 Å². The fraction of sp³-hybridized carbons (Fsp3) is 0.182. The zero-order valence-electron chi connectivity index (χ0n) is 8.31. The van der Waals surface area contributed by atoms with Crippen LogP contribution in [0.2, 0.25) is 5.02 Å². The average molecular weight is 223 g/mol. The molecule has 0 fully saturated rings. The second-order valence-corrected chi connectivity index (χ2v) is 3.71. The lowest BCUT2D eigenvalue weighted by molar-refractivity contribution is 0.273. The summed E-state index contributed by atoms with van der Waals surface area (Å²) in [5.41, 5.74) is 2.58. The summed E-state index contributed by atoms with van der Waals surface area (Å²) < 4.78 is 1.66. The second kappa shape index (κ2) is 4.04. The summed E-state index contributed by atoms with van der Waals surface area (Å²) in [7, 11) is 0. The van der Waals surface area contributed by atoms with E-state index < -0.39 is 0 Å². The maximum absolute atomic E-state index is 9.15. The third-order valence-electron chi connectivity index (χ3n) is 2.28. The molecule has 0 spiro atoms. The normalized spacial score (nSPS) is 10.6. The van der Waals surface area contributed by atoms with Crippen LogP contribution >= 0.6 is 11.6 Å². The van der Waals surface area contributed by atoms with Gasteiger partial charge in [-0.25, -0.2) is 4.68 Å². The molecule has 0 aliphatic heterocycles. The largest absolute Gasteiger partial charge is 0.390 e. The molecule has 4 heteroatoms. The number of aromatic nitrogens is 2. The molecule has 0 amide bonds. The van der Waals surface area contributed by atoms with Crippen LogP contribution < -0.4 is 0 Å². The highest BCUT2D eigenvalue weighted by Gasteiger charge is 2.09. The third-order valence-corrected chi connectivity index (χ3v) is 2.59. The Morgan fingerprint density at radius 1 is 1.40 bits per heavy atom. The van der Waals surface area contributed by atoms with E-state index in [1.54, 1.807) is 16.9 Å². The number of hydrogen-bond acceptors (Lipinski definition) is 2. The molecule has 2 rings (SSSR count). The standard InChI is InChI=1S/C11H11ClN2O/c1-8-3-2-4-10(12)11(8)14-9(7-15)5-6-13-14/h2-6,15H,7H2,1H3. The molecule has 0 unspecified atom stereocenters. The monoisotopic (exact) mass is 222 g/mol. The summed E-state index contributed by atoms with van der Waals surface area (Å²) in [6, 6.07) is 7.43. The number of aliphatic hydroxyl groups is 1. The van der Waals surface area contributed by atoms with E-state index in [1.165, 1.54) is 0 Å². The van der Waals surface area contributed by atoms with E-state index in [9.17, 15) is 0 Å². The number of benzene rings is 1. The summed E-state index contributed by atoms with van der Waals surface area (Å²) in [6.07, 6.45) is 1.65. The summed E-state index contributed by atoms with van der Waals surface area (Å²) in [5, 5.41) is 13.9. The Kier molecular flexibility index (Phi) is 2.75. The molecule has 0 bridgehead atoms. The first-order valence-corrected chi connectivity index (χ1v) is 5.01. The minimum Gasteiger partial charge on any atom is -0.390 e. The van der Waals surface area contributed by atoms with E-state index in [2.05, 4.69) is 5.10 Å². The number of aryl methyl sites for hydroxylation is 1. The van der Waals surface area contributed by atoms with Crippen LogP contribution in [0.1, 0.15) is 11.3 Å². The van der Waals surface area contributed by atoms with Crippen LogP contribution in [0, 0.1) is 6.92 Å². The minimum atomic E-state index is -0.0509. The van der Waals surface area contributed by atoms with E-state index in [4.69, 9.17) is 16.7 Å². The molecule has 2 aromatic rings. The first kappa shape index (κ1) is 10.2. The highest BCUT2D eigenvalue weighted by molar-refractivity contribution is 6.32. The summed E-state index contributed by atoms with van der Waals surface area (Å²) >= 11 is 6.11. The molecule has 15 heavy (non-hydrogen) atoms. The zero-order valence-corrected chi connectivity index (χ0v) is 9.07. The lowest BCUT2D eigenvalue weighted by Crippen LogP contribution is -2.04. The number of para-hydroxylation sites is 1. The van der Waals surface area contributed by atoms with Crippen molar-refractivity contribution in [2.75, 3.05) is 0 Å². The van der Waals surface area contributed by atoms with Crippen molar-refractivity contribution in [1.29, 1.82) is 0 Å². The number of halogens is 1. The molecule has 1 N–H and O–H groups in total. The van der Waals surface area contributed by atoms with Gasteiger partial charge in [0.15, 0.2) is 0 Å². The van der Waals surface area contributed by atoms with Gasteiger partial charge in [-0.15, -0.1) is 0 Å². The maximum Gasteiger partial charge on any atom is 0.0865 e. The van der Waals surface area contributed by atoms with E-state index in [1.807, 2.05) is 25.1 Å². The predicted octanol–water partition coefficient (Wildman–Crippen LogP) is 2.33. The van der Waals surface area contributed by atoms with Crippen LogP contribution in [-0.4, -0.2) is 14.9 Å². The Labute approximate surface area is 92.9 Å². The van der Waals surface area contributed by atoms with E-state index >= 15 is 0 Å². The van der Waals surface area contributed by atoms with Gasteiger partial charge in [0.1, 0.15) is 0 Å². The fourth-order valence-corrected chi connectivity index (χ4v) is 1.85. The van der Waals surface area contributed by atoms with Crippen LogP contribution in [0.4, 0.5) is 0 Å². The van der Waals surface area contributed by atoms with Gasteiger partial charge in [0.25, 0.3) is 0 Å². The molecule has 0 saturated carbocycles. The highest BCUT2D eigenvalue weighted by Crippen LogP contribution is 2.24. The van der Waals surface area contributed by atoms with E-state index in [-0.39, 0.29) is 6.61 Å². The summed E-state index contributed by atoms with van der Waals surface area (Å²) in [4.78, 5) is 0. The molecular weight excluding hydrogens is 212 g/mol. The Hall–Kier alpha value is -1.32. The Morgan fingerprint density at radius 3 is 2.87 bits per heavy atom. The van der Waals surface area contributed by atoms with Crippen LogP contribution in [0.3, 0.4) is 0 Å². The minimum absolute atomic E-state index is 0.0509. The SMILES string of the molecule is Cc1cccc(Cl)c1-n1nccc1CO. The number of hydrogen-bond donors (Lipinski definition) is 1. The van der Waals surface area contributed by atoms with Crippen LogP contribution in [0.25, 0.3) is 5.69 Å². The lowest BCUT2D eigenvalue weighted by Gasteiger charge is -2.10. The first-order valence-electron chi connectivity index (χ1n) is 4.63. The molecule has 78 valence electrons. The molecule has 0 atom stereocenters. The molecular formula is C11H11ClN2O. The Balaban J connectivity index is 2.63. The number of aliphatic hydroxyl groups excluding tert-OH is 1. The van der Waals surface area contributed by atoms with Gasteiger partial charge >= 0.3 is 0 Å². The molecule has 1 aromatic carbocycles. The second-order valence-electron chi connectivity index (χ2n) is 3.30. The molecule has 0 aliphatic carbocycles. The van der Waals surface area contributed by atoms with Gasteiger partial charge in [0, 0.05) is 6.20 Å². The third kappa shape index (κ3) is 1.76. The van der Waals surface area contributed by atoms with Gasteiger partial charge in [-0.2, -0.15) is 5.10 Å². The van der Waals surface area contributed by atoms with Crippen molar-refractivity contribution < 1.29 is 5.11 Å². The topological polar surface area (TPSA) is 38.0 Å². The van der Waals surface area contributed by atoms with Crippen molar-refractivity contribution in [3.8, 4) is 5.69 Å². The van der Waals surface area contributed by atoms with Gasteiger partial charge < -0.3 is 5.11 Å². The van der Waals surface area contributed by atoms with Crippen molar-refractivity contribution >= 4 is 11.6 Å². The molecule has 1 heterocycles. The molecule has 3 nitrogen and oxygen atoms in total. The van der Waals surface area contributed by atoms with Gasteiger partial charge in [-0.05, 0) is 24.6 Å². The van der Waals surface area contributed by atoms with Gasteiger partial charge in [-0.3, -0.25) is 0 Å². The van der Waals surface area contributed by atoms with Crippen LogP contribution in [0.5, 0.6) is 0 Å². The zero-order chi connectivity index (χ0) is 10.8. The number of rotatable bonds is 2. The van der Waals surface area contributed by atoms with Gasteiger partial charge in [0.2, 0.25) is 0 Å². The van der Waals surface area contributed by atoms with Crippen molar-refractivity contribution in [2.24, 2.45) is 0 Å². The molecule has 1 aromatic heterocycles. The molecule has 0 radical (unpaired) electrons. The molecule has 0 aliphatic rings. The smallest absolute Gasteiger partial charge is 0.0865 e. The Morgan fingerprint density at radius 2 is 2.20 bits per heavy atom. The maximum atomic E-state index is 9.15. The quantitative estimate of drug-likeness (QED) is 0.847. The summed E-state index contributed by atoms with van der Waals surface area (Å²) in [5.74, 6) is 0. The molecule has 0 saturated heterocycles. The van der Waals surface area contributed by atoms with Crippen molar-refractivity contribution in [1.82, 2.24) is 9.78 Å². The first-order chi connectivity index (χ1) is 7.24. The van der Waals surface area contributed by atoms with Crippen LogP contribution in [0.15, 0.2) is 30.5 Å². The van der Waals surface area contributed by atoms with E-state index in [0.717, 1.165) is 16.9 Å². The highest BCUT2D eigenvalue weighted by atomic mass is 35.5. The summed E-state index contributed by atoms with van der Waals surface area (Å²) in [6.45, 7) is 1.91. The van der Waals surface area contributed by atoms with Crippen molar-refractivity contribution in [3.05, 3.63) is 46.7 Å². The number of nitrogens with zero attached hydrogens (tertiary/aromatic N) is 2. The fourth-order valence-electron chi connectivity index (χ4n) is 1.54. The average Bonchev–Trinajstić information content (AvgIpc) is 2.65. The van der Waals surface area contributed by atoms with Crippen molar-refractivity contribution in [3.63, 3.8) is 0 Å².